The zero-order chi connectivity index (χ0) is 19.3. The maximum atomic E-state index is 15.0. The lowest BCUT2D eigenvalue weighted by molar-refractivity contribution is 0.0694. The Labute approximate surface area is 154 Å². The van der Waals surface area contributed by atoms with Crippen LogP contribution in [0.3, 0.4) is 0 Å². The van der Waals surface area contributed by atoms with E-state index < -0.39 is 23.3 Å². The number of carboxylic acids is 1. The Morgan fingerprint density at radius 3 is 2.67 bits per heavy atom. The zero-order valence-corrected chi connectivity index (χ0v) is 14.9. The van der Waals surface area contributed by atoms with Gasteiger partial charge in [0.05, 0.1) is 24.1 Å². The predicted octanol–water partition coefficient (Wildman–Crippen LogP) is 2.14. The van der Waals surface area contributed by atoms with Crippen molar-refractivity contribution in [2.45, 2.75) is 37.8 Å². The number of piperidine rings is 1. The largest absolute Gasteiger partial charge is 0.492 e. The van der Waals surface area contributed by atoms with Crippen molar-refractivity contribution < 1.29 is 24.1 Å². The van der Waals surface area contributed by atoms with Gasteiger partial charge in [-0.25, -0.2) is 9.18 Å². The number of fused-ring (bicyclic) bond motifs is 1. The molecule has 2 fully saturated rings. The number of hydrogen-bond donors (Lipinski definition) is 2. The van der Waals surface area contributed by atoms with Crippen molar-refractivity contribution in [1.82, 2.24) is 4.57 Å². The van der Waals surface area contributed by atoms with Crippen LogP contribution >= 0.6 is 0 Å². The van der Waals surface area contributed by atoms with E-state index in [1.807, 2.05) is 0 Å². The average molecular weight is 376 g/mol. The number of aliphatic hydroxyl groups is 1. The molecule has 2 aromatic rings. The third-order valence-corrected chi connectivity index (χ3v) is 5.29. The van der Waals surface area contributed by atoms with Gasteiger partial charge in [-0.15, -0.1) is 0 Å². The quantitative estimate of drug-likeness (QED) is 0.850. The van der Waals surface area contributed by atoms with Gasteiger partial charge in [0.2, 0.25) is 5.43 Å². The van der Waals surface area contributed by atoms with Crippen LogP contribution in [-0.4, -0.2) is 47.1 Å². The fourth-order valence-electron chi connectivity index (χ4n) is 3.88. The Morgan fingerprint density at radius 2 is 2.07 bits per heavy atom. The van der Waals surface area contributed by atoms with Crippen LogP contribution < -0.4 is 15.1 Å². The maximum Gasteiger partial charge on any atom is 0.341 e. The zero-order valence-electron chi connectivity index (χ0n) is 14.9. The molecule has 1 aliphatic heterocycles. The highest BCUT2D eigenvalue weighted by atomic mass is 19.1. The van der Waals surface area contributed by atoms with Crippen LogP contribution in [0.15, 0.2) is 17.1 Å². The van der Waals surface area contributed by atoms with E-state index in [0.717, 1.165) is 25.3 Å². The summed E-state index contributed by atoms with van der Waals surface area (Å²) in [5.74, 6) is -1.78. The first-order chi connectivity index (χ1) is 12.9. The first-order valence-corrected chi connectivity index (χ1v) is 9.04. The smallest absolute Gasteiger partial charge is 0.341 e. The highest BCUT2D eigenvalue weighted by molar-refractivity contribution is 5.97. The molecule has 0 bridgehead atoms. The van der Waals surface area contributed by atoms with Crippen LogP contribution in [0.2, 0.25) is 0 Å². The normalized spacial score (nSPS) is 20.1. The highest BCUT2D eigenvalue weighted by Crippen LogP contribution is 2.44. The van der Waals surface area contributed by atoms with Gasteiger partial charge in [0.25, 0.3) is 0 Å². The van der Waals surface area contributed by atoms with Gasteiger partial charge in [0, 0.05) is 25.3 Å². The molecule has 0 spiro atoms. The van der Waals surface area contributed by atoms with Crippen molar-refractivity contribution in [3.05, 3.63) is 33.9 Å². The molecule has 7 nitrogen and oxygen atoms in total. The van der Waals surface area contributed by atoms with Crippen molar-refractivity contribution in [3.8, 4) is 5.75 Å². The third kappa shape index (κ3) is 2.93. The predicted molar refractivity (Wildman–Crippen MR) is 97.4 cm³/mol. The topological polar surface area (TPSA) is 92.0 Å². The molecule has 4 rings (SSSR count). The van der Waals surface area contributed by atoms with E-state index >= 15 is 4.39 Å². The number of anilines is 1. The van der Waals surface area contributed by atoms with Crippen LogP contribution in [0.1, 0.15) is 42.1 Å². The van der Waals surface area contributed by atoms with Crippen molar-refractivity contribution >= 4 is 22.6 Å². The molecule has 2 heterocycles. The minimum absolute atomic E-state index is 0.00235. The maximum absolute atomic E-state index is 15.0. The number of aliphatic hydroxyl groups excluding tert-OH is 1. The molecule has 144 valence electrons. The summed E-state index contributed by atoms with van der Waals surface area (Å²) in [4.78, 5) is 25.9. The number of halogens is 1. The van der Waals surface area contributed by atoms with Crippen LogP contribution in [0.25, 0.3) is 10.9 Å². The number of rotatable bonds is 4. The van der Waals surface area contributed by atoms with Gasteiger partial charge in [0.1, 0.15) is 11.3 Å². The second-order valence-corrected chi connectivity index (χ2v) is 7.19. The number of aromatic nitrogens is 1. The van der Waals surface area contributed by atoms with Gasteiger partial charge in [0.15, 0.2) is 11.6 Å². The van der Waals surface area contributed by atoms with Crippen LogP contribution in [-0.2, 0) is 0 Å². The number of aromatic carboxylic acids is 1. The lowest BCUT2D eigenvalue weighted by atomic mass is 10.0. The van der Waals surface area contributed by atoms with Gasteiger partial charge < -0.3 is 24.4 Å². The summed E-state index contributed by atoms with van der Waals surface area (Å²) < 4.78 is 22.3. The Hall–Kier alpha value is -2.61. The number of carboxylic acid groups (broad SMARTS) is 1. The minimum Gasteiger partial charge on any atom is -0.492 e. The summed E-state index contributed by atoms with van der Waals surface area (Å²) in [6.45, 7) is 0.844. The molecule has 1 unspecified atom stereocenters. The monoisotopic (exact) mass is 376 g/mol. The van der Waals surface area contributed by atoms with Crippen molar-refractivity contribution in [2.75, 3.05) is 25.1 Å². The van der Waals surface area contributed by atoms with Gasteiger partial charge >= 0.3 is 5.97 Å². The van der Waals surface area contributed by atoms with Gasteiger partial charge in [-0.2, -0.15) is 0 Å². The molecule has 2 aliphatic rings. The van der Waals surface area contributed by atoms with E-state index in [-0.39, 0.29) is 35.0 Å². The van der Waals surface area contributed by atoms with Crippen LogP contribution in [0, 0.1) is 5.82 Å². The fourth-order valence-corrected chi connectivity index (χ4v) is 3.88. The Morgan fingerprint density at radius 1 is 1.33 bits per heavy atom. The SMILES string of the molecule is COc1c(N2CCCC(O)C2)c(F)cc2c(=O)c(C(=O)O)cn(C3CC3)c12. The van der Waals surface area contributed by atoms with Gasteiger partial charge in [-0.05, 0) is 31.7 Å². The van der Waals surface area contributed by atoms with Gasteiger partial charge in [-0.1, -0.05) is 0 Å². The second-order valence-electron chi connectivity index (χ2n) is 7.19. The fraction of sp³-hybridized carbons (Fsp3) is 0.474. The summed E-state index contributed by atoms with van der Waals surface area (Å²) in [6, 6.07) is 1.16. The standard InChI is InChI=1S/C19H21FN2O5/c1-27-18-15-12(7-14(20)16(18)21-6-2-3-11(23)8-21)17(24)13(19(25)26)9-22(15)10-4-5-10/h7,9-11,23H,2-6,8H2,1H3,(H,25,26). The molecule has 27 heavy (non-hydrogen) atoms. The molecule has 1 aromatic carbocycles. The number of nitrogens with zero attached hydrogens (tertiary/aromatic N) is 2. The van der Waals surface area contributed by atoms with E-state index in [9.17, 15) is 19.8 Å². The Balaban J connectivity index is 2.03. The van der Waals surface area contributed by atoms with E-state index in [4.69, 9.17) is 4.74 Å². The molecule has 0 amide bonds. The summed E-state index contributed by atoms with van der Waals surface area (Å²) >= 11 is 0. The minimum atomic E-state index is -1.33. The molecular weight excluding hydrogens is 355 g/mol. The number of hydrogen-bond acceptors (Lipinski definition) is 5. The third-order valence-electron chi connectivity index (χ3n) is 5.29. The average Bonchev–Trinajstić information content (AvgIpc) is 3.46. The number of ether oxygens (including phenoxy) is 1. The molecule has 1 aromatic heterocycles. The lowest BCUT2D eigenvalue weighted by Crippen LogP contribution is -2.39. The Kier molecular flexibility index (Phi) is 4.30. The first kappa shape index (κ1) is 17.8. The lowest BCUT2D eigenvalue weighted by Gasteiger charge is -2.33. The highest BCUT2D eigenvalue weighted by Gasteiger charge is 2.32. The van der Waals surface area contributed by atoms with E-state index in [2.05, 4.69) is 0 Å². The molecule has 1 saturated heterocycles. The molecule has 1 aliphatic carbocycles. The number of methoxy groups -OCH3 is 1. The molecule has 8 heteroatoms. The van der Waals surface area contributed by atoms with Crippen molar-refractivity contribution in [3.63, 3.8) is 0 Å². The molecular formula is C19H21FN2O5. The summed E-state index contributed by atoms with van der Waals surface area (Å²) in [5.41, 5.74) is -0.485. The van der Waals surface area contributed by atoms with Crippen LogP contribution in [0.5, 0.6) is 5.75 Å². The van der Waals surface area contributed by atoms with E-state index in [1.165, 1.54) is 13.3 Å². The van der Waals surface area contributed by atoms with Crippen molar-refractivity contribution in [2.24, 2.45) is 0 Å². The first-order valence-electron chi connectivity index (χ1n) is 9.04. The molecule has 2 N–H and O–H groups in total. The number of benzene rings is 1. The van der Waals surface area contributed by atoms with Crippen LogP contribution in [0.4, 0.5) is 10.1 Å². The number of β-amino-alcohol motifs (C(OH)–C–C–N with tert-alkyl or cyclic N) is 1. The van der Waals surface area contributed by atoms with E-state index in [0.29, 0.717) is 18.5 Å². The number of carbonyl (C=O) groups is 1. The van der Waals surface area contributed by atoms with E-state index in [1.54, 1.807) is 9.47 Å². The van der Waals surface area contributed by atoms with Gasteiger partial charge in [-0.3, -0.25) is 4.79 Å². The summed E-state index contributed by atoms with van der Waals surface area (Å²) in [5, 5.41) is 19.3. The van der Waals surface area contributed by atoms with Crippen molar-refractivity contribution in [1.29, 1.82) is 0 Å². The molecule has 0 radical (unpaired) electrons. The summed E-state index contributed by atoms with van der Waals surface area (Å²) in [7, 11) is 1.41. The second kappa shape index (κ2) is 6.53. The molecule has 1 atom stereocenters. The summed E-state index contributed by atoms with van der Waals surface area (Å²) in [6.07, 6.45) is 3.86. The Bertz CT molecular complexity index is 982. The molecule has 1 saturated carbocycles. The number of pyridine rings is 1.